The van der Waals surface area contributed by atoms with Crippen LogP contribution in [0.15, 0.2) is 59.8 Å². The van der Waals surface area contributed by atoms with Gasteiger partial charge in [0.05, 0.1) is 0 Å². The Hall–Kier alpha value is -1.30. The van der Waals surface area contributed by atoms with Crippen molar-refractivity contribution in [3.63, 3.8) is 0 Å². The fraction of sp³-hybridized carbons (Fsp3) is 0.375. The minimum atomic E-state index is 1.16. The second-order valence-electron chi connectivity index (χ2n) is 4.39. The van der Waals surface area contributed by atoms with E-state index < -0.39 is 0 Å². The summed E-state index contributed by atoms with van der Waals surface area (Å²) in [4.78, 5) is 0. The molecule has 2 aliphatic rings. The summed E-state index contributed by atoms with van der Waals surface area (Å²) in [6.07, 6.45) is 25.4. The molecule has 0 fully saturated rings. The molecule has 0 amide bonds. The van der Waals surface area contributed by atoms with Crippen LogP contribution < -0.4 is 0 Å². The maximum absolute atomic E-state index is 2.38. The van der Waals surface area contributed by atoms with E-state index in [0.717, 1.165) is 12.8 Å². The second kappa shape index (κ2) is 6.32. The van der Waals surface area contributed by atoms with E-state index in [2.05, 4.69) is 48.6 Å². The van der Waals surface area contributed by atoms with Gasteiger partial charge in [-0.25, -0.2) is 0 Å². The van der Waals surface area contributed by atoms with Crippen molar-refractivity contribution in [2.75, 3.05) is 0 Å². The van der Waals surface area contributed by atoms with Crippen LogP contribution in [0, 0.1) is 0 Å². The Morgan fingerprint density at radius 1 is 0.812 bits per heavy atom. The molecule has 0 aromatic carbocycles. The Balaban J connectivity index is 2.17. The SMILES string of the molecule is C1=C(C2=C/C=C\CCCC2)/C=C\C=C/CC1. The van der Waals surface area contributed by atoms with Gasteiger partial charge in [-0.1, -0.05) is 48.6 Å². The fourth-order valence-electron chi connectivity index (χ4n) is 2.16. The lowest BCUT2D eigenvalue weighted by molar-refractivity contribution is 0.741. The minimum absolute atomic E-state index is 1.16. The van der Waals surface area contributed by atoms with Crippen molar-refractivity contribution >= 4 is 0 Å². The Morgan fingerprint density at radius 3 is 2.75 bits per heavy atom. The molecule has 0 heterocycles. The van der Waals surface area contributed by atoms with Crippen molar-refractivity contribution in [2.24, 2.45) is 0 Å². The Morgan fingerprint density at radius 2 is 1.75 bits per heavy atom. The van der Waals surface area contributed by atoms with Crippen LogP contribution in [0.2, 0.25) is 0 Å². The van der Waals surface area contributed by atoms with Crippen LogP contribution in [0.4, 0.5) is 0 Å². The van der Waals surface area contributed by atoms with Gasteiger partial charge < -0.3 is 0 Å². The van der Waals surface area contributed by atoms with Crippen molar-refractivity contribution in [1.29, 1.82) is 0 Å². The van der Waals surface area contributed by atoms with E-state index in [0.29, 0.717) is 0 Å². The molecule has 0 N–H and O–H groups in total. The quantitative estimate of drug-likeness (QED) is 0.581. The van der Waals surface area contributed by atoms with Gasteiger partial charge in [0.25, 0.3) is 0 Å². The Labute approximate surface area is 98.8 Å². The predicted octanol–water partition coefficient (Wildman–Crippen LogP) is 4.88. The number of hydrogen-bond acceptors (Lipinski definition) is 0. The van der Waals surface area contributed by atoms with Crippen molar-refractivity contribution in [2.45, 2.75) is 38.5 Å². The summed E-state index contributed by atoms with van der Waals surface area (Å²) in [5, 5.41) is 0. The summed E-state index contributed by atoms with van der Waals surface area (Å²) in [5.74, 6) is 0. The molecule has 0 saturated heterocycles. The number of allylic oxidation sites excluding steroid dienone is 10. The molecule has 2 rings (SSSR count). The van der Waals surface area contributed by atoms with E-state index in [1.54, 1.807) is 0 Å². The highest BCUT2D eigenvalue weighted by molar-refractivity contribution is 5.43. The molecular weight excluding hydrogens is 192 g/mol. The van der Waals surface area contributed by atoms with Crippen LogP contribution >= 0.6 is 0 Å². The summed E-state index contributed by atoms with van der Waals surface area (Å²) in [7, 11) is 0. The van der Waals surface area contributed by atoms with Gasteiger partial charge in [0.15, 0.2) is 0 Å². The molecule has 0 bridgehead atoms. The van der Waals surface area contributed by atoms with E-state index in [4.69, 9.17) is 0 Å². The van der Waals surface area contributed by atoms with E-state index in [1.807, 2.05) is 0 Å². The Bertz CT molecular complexity index is 361. The highest BCUT2D eigenvalue weighted by Crippen LogP contribution is 2.23. The maximum Gasteiger partial charge on any atom is -0.0264 e. The lowest BCUT2D eigenvalue weighted by Gasteiger charge is -2.11. The zero-order chi connectivity index (χ0) is 11.1. The molecule has 0 aromatic heterocycles. The predicted molar refractivity (Wildman–Crippen MR) is 71.3 cm³/mol. The van der Waals surface area contributed by atoms with Crippen LogP contribution in [0.3, 0.4) is 0 Å². The van der Waals surface area contributed by atoms with Crippen molar-refractivity contribution in [1.82, 2.24) is 0 Å². The largest absolute Gasteiger partial charge is 0.0845 e. The molecule has 2 aliphatic carbocycles. The molecule has 16 heavy (non-hydrogen) atoms. The molecule has 0 unspecified atom stereocenters. The zero-order valence-corrected chi connectivity index (χ0v) is 9.86. The third-order valence-corrected chi connectivity index (χ3v) is 3.09. The van der Waals surface area contributed by atoms with E-state index in [-0.39, 0.29) is 0 Å². The standard InChI is InChI=1S/C16H20/c1-3-7-11-15(12-8-4-1)16-13-9-5-2-6-10-14-16/h1,3,5,7,9,11-13H,2,4,6,8,10,14H2/b3-1-,9-5-,11-7-,15-12?,16-13?. The van der Waals surface area contributed by atoms with Gasteiger partial charge in [-0.2, -0.15) is 0 Å². The normalized spacial score (nSPS) is 27.5. The van der Waals surface area contributed by atoms with Gasteiger partial charge in [-0.3, -0.25) is 0 Å². The molecule has 0 aromatic rings. The molecule has 0 heteroatoms. The summed E-state index contributed by atoms with van der Waals surface area (Å²) in [6.45, 7) is 0. The van der Waals surface area contributed by atoms with Crippen LogP contribution in [0.1, 0.15) is 38.5 Å². The van der Waals surface area contributed by atoms with Crippen molar-refractivity contribution < 1.29 is 0 Å². The number of rotatable bonds is 1. The van der Waals surface area contributed by atoms with Crippen LogP contribution in [-0.2, 0) is 0 Å². The van der Waals surface area contributed by atoms with E-state index in [9.17, 15) is 0 Å². The van der Waals surface area contributed by atoms with Gasteiger partial charge in [0.1, 0.15) is 0 Å². The highest BCUT2D eigenvalue weighted by atomic mass is 14.1. The smallest absolute Gasteiger partial charge is 0.0264 e. The monoisotopic (exact) mass is 212 g/mol. The molecular formula is C16H20. The van der Waals surface area contributed by atoms with Gasteiger partial charge >= 0.3 is 0 Å². The van der Waals surface area contributed by atoms with E-state index in [1.165, 1.54) is 36.8 Å². The molecule has 0 aliphatic heterocycles. The van der Waals surface area contributed by atoms with Crippen LogP contribution in [0.25, 0.3) is 0 Å². The first-order chi connectivity index (χ1) is 7.97. The highest BCUT2D eigenvalue weighted by Gasteiger charge is 2.03. The first-order valence-corrected chi connectivity index (χ1v) is 6.36. The minimum Gasteiger partial charge on any atom is -0.0845 e. The Kier molecular flexibility index (Phi) is 4.42. The summed E-state index contributed by atoms with van der Waals surface area (Å²) < 4.78 is 0. The zero-order valence-electron chi connectivity index (χ0n) is 9.86. The fourth-order valence-corrected chi connectivity index (χ4v) is 2.16. The first kappa shape index (κ1) is 11.2. The second-order valence-corrected chi connectivity index (χ2v) is 4.39. The van der Waals surface area contributed by atoms with E-state index >= 15 is 0 Å². The topological polar surface area (TPSA) is 0 Å². The van der Waals surface area contributed by atoms with Gasteiger partial charge in [0, 0.05) is 0 Å². The number of hydrogen-bond donors (Lipinski definition) is 0. The molecule has 84 valence electrons. The average molecular weight is 212 g/mol. The molecule has 0 spiro atoms. The van der Waals surface area contributed by atoms with Crippen LogP contribution in [-0.4, -0.2) is 0 Å². The summed E-state index contributed by atoms with van der Waals surface area (Å²) in [6, 6.07) is 0. The lowest BCUT2D eigenvalue weighted by atomic mass is 9.95. The van der Waals surface area contributed by atoms with Gasteiger partial charge in [-0.05, 0) is 49.7 Å². The third-order valence-electron chi connectivity index (χ3n) is 3.09. The summed E-state index contributed by atoms with van der Waals surface area (Å²) >= 11 is 0. The average Bonchev–Trinajstić information content (AvgIpc) is 2.18. The molecule has 0 nitrogen and oxygen atoms in total. The van der Waals surface area contributed by atoms with Crippen molar-refractivity contribution in [3.05, 3.63) is 59.8 Å². The molecule has 0 saturated carbocycles. The summed E-state index contributed by atoms with van der Waals surface area (Å²) in [5.41, 5.74) is 2.93. The third kappa shape index (κ3) is 3.37. The maximum atomic E-state index is 2.38. The van der Waals surface area contributed by atoms with Crippen molar-refractivity contribution in [3.8, 4) is 0 Å². The van der Waals surface area contributed by atoms with Gasteiger partial charge in [-0.15, -0.1) is 0 Å². The molecule has 0 atom stereocenters. The molecule has 0 radical (unpaired) electrons. The first-order valence-electron chi connectivity index (χ1n) is 6.36. The van der Waals surface area contributed by atoms with Crippen LogP contribution in [0.5, 0.6) is 0 Å². The lowest BCUT2D eigenvalue weighted by Crippen LogP contribution is -1.91. The van der Waals surface area contributed by atoms with Gasteiger partial charge in [0.2, 0.25) is 0 Å².